The minimum atomic E-state index is -4.27. The fourth-order valence-corrected chi connectivity index (χ4v) is 1.28. The topological polar surface area (TPSA) is 63.8 Å². The molecule has 2 rings (SSSR count). The predicted molar refractivity (Wildman–Crippen MR) is 48.1 cm³/mol. The third-order valence-electron chi connectivity index (χ3n) is 2.39. The Kier molecular flexibility index (Phi) is 1.99. The van der Waals surface area contributed by atoms with Crippen molar-refractivity contribution in [3.8, 4) is 0 Å². The summed E-state index contributed by atoms with van der Waals surface area (Å²) in [7, 11) is 0. The summed E-state index contributed by atoms with van der Waals surface area (Å²) < 4.78 is 37.7. The van der Waals surface area contributed by atoms with Crippen molar-refractivity contribution in [3.63, 3.8) is 0 Å². The van der Waals surface area contributed by atoms with E-state index in [1.807, 2.05) is 0 Å². The van der Waals surface area contributed by atoms with Crippen LogP contribution in [0, 0.1) is 0 Å². The standard InChI is InChI=1S/C8H9F3N4/c9-8(10,11)7(1-2-7)15-6-5(12)3-13-4-14-6/h3-4H,1-2,12H2,(H,13,14,15). The fourth-order valence-electron chi connectivity index (χ4n) is 1.28. The second-order valence-electron chi connectivity index (χ2n) is 3.53. The largest absolute Gasteiger partial charge is 0.411 e. The number of alkyl halides is 3. The van der Waals surface area contributed by atoms with Crippen molar-refractivity contribution in [2.45, 2.75) is 24.6 Å². The molecule has 0 aromatic carbocycles. The molecule has 1 aromatic heterocycles. The van der Waals surface area contributed by atoms with E-state index in [2.05, 4.69) is 15.3 Å². The summed E-state index contributed by atoms with van der Waals surface area (Å²) in [4.78, 5) is 7.27. The number of nitrogen functional groups attached to an aromatic ring is 1. The van der Waals surface area contributed by atoms with E-state index in [1.54, 1.807) is 0 Å². The van der Waals surface area contributed by atoms with E-state index < -0.39 is 11.7 Å². The molecule has 0 amide bonds. The van der Waals surface area contributed by atoms with Crippen LogP contribution in [0.3, 0.4) is 0 Å². The minimum Gasteiger partial charge on any atom is -0.394 e. The number of nitrogens with two attached hydrogens (primary N) is 1. The highest BCUT2D eigenvalue weighted by Crippen LogP contribution is 2.51. The number of hydrogen-bond acceptors (Lipinski definition) is 4. The first kappa shape index (κ1) is 10.0. The molecule has 0 bridgehead atoms. The normalized spacial score (nSPS) is 18.6. The van der Waals surface area contributed by atoms with Gasteiger partial charge in [0.1, 0.15) is 11.9 Å². The van der Waals surface area contributed by atoms with Crippen LogP contribution < -0.4 is 11.1 Å². The molecule has 0 unspecified atom stereocenters. The van der Waals surface area contributed by atoms with Gasteiger partial charge in [0.25, 0.3) is 0 Å². The molecule has 1 fully saturated rings. The molecule has 7 heteroatoms. The Labute approximate surface area is 83.7 Å². The molecule has 0 radical (unpaired) electrons. The molecule has 1 aromatic rings. The molecule has 0 saturated heterocycles. The second kappa shape index (κ2) is 2.98. The van der Waals surface area contributed by atoms with E-state index in [0.29, 0.717) is 0 Å². The van der Waals surface area contributed by atoms with Crippen LogP contribution in [-0.2, 0) is 0 Å². The lowest BCUT2D eigenvalue weighted by atomic mass is 10.2. The van der Waals surface area contributed by atoms with E-state index in [9.17, 15) is 13.2 Å². The highest BCUT2D eigenvalue weighted by Gasteiger charge is 2.63. The lowest BCUT2D eigenvalue weighted by Gasteiger charge is -2.21. The number of nitrogens with zero attached hydrogens (tertiary/aromatic N) is 2. The Morgan fingerprint density at radius 2 is 2.07 bits per heavy atom. The molecular formula is C8H9F3N4. The highest BCUT2D eigenvalue weighted by atomic mass is 19.4. The van der Waals surface area contributed by atoms with E-state index in [0.717, 1.165) is 6.33 Å². The maximum absolute atomic E-state index is 12.6. The average Bonchev–Trinajstić information content (AvgIpc) is 2.89. The number of anilines is 2. The molecule has 15 heavy (non-hydrogen) atoms. The van der Waals surface area contributed by atoms with Crippen molar-refractivity contribution in [3.05, 3.63) is 12.5 Å². The molecule has 3 N–H and O–H groups in total. The van der Waals surface area contributed by atoms with Gasteiger partial charge in [0.2, 0.25) is 0 Å². The van der Waals surface area contributed by atoms with Crippen LogP contribution >= 0.6 is 0 Å². The van der Waals surface area contributed by atoms with Gasteiger partial charge in [-0.05, 0) is 12.8 Å². The number of halogens is 3. The number of hydrogen-bond donors (Lipinski definition) is 2. The fraction of sp³-hybridized carbons (Fsp3) is 0.500. The monoisotopic (exact) mass is 218 g/mol. The van der Waals surface area contributed by atoms with E-state index in [1.165, 1.54) is 6.20 Å². The summed E-state index contributed by atoms with van der Waals surface area (Å²) in [6.45, 7) is 0. The summed E-state index contributed by atoms with van der Waals surface area (Å²) >= 11 is 0. The molecule has 0 aliphatic heterocycles. The Hall–Kier alpha value is -1.53. The van der Waals surface area contributed by atoms with Gasteiger partial charge in [-0.15, -0.1) is 0 Å². The summed E-state index contributed by atoms with van der Waals surface area (Å²) in [5, 5.41) is 2.34. The molecule has 0 spiro atoms. The third-order valence-corrected chi connectivity index (χ3v) is 2.39. The first-order chi connectivity index (χ1) is 6.95. The van der Waals surface area contributed by atoms with Crippen molar-refractivity contribution in [1.29, 1.82) is 0 Å². The van der Waals surface area contributed by atoms with Gasteiger partial charge in [-0.1, -0.05) is 0 Å². The summed E-state index contributed by atoms with van der Waals surface area (Å²) in [5.41, 5.74) is 3.72. The maximum atomic E-state index is 12.6. The first-order valence-electron chi connectivity index (χ1n) is 4.35. The SMILES string of the molecule is Nc1cncnc1NC1(C(F)(F)F)CC1. The molecule has 82 valence electrons. The van der Waals surface area contributed by atoms with Crippen LogP contribution in [0.4, 0.5) is 24.7 Å². The summed E-state index contributed by atoms with van der Waals surface area (Å²) in [6, 6.07) is 0. The van der Waals surface area contributed by atoms with Crippen molar-refractivity contribution in [2.75, 3.05) is 11.1 Å². The van der Waals surface area contributed by atoms with Gasteiger partial charge in [0.05, 0.1) is 11.9 Å². The van der Waals surface area contributed by atoms with Crippen molar-refractivity contribution >= 4 is 11.5 Å². The zero-order chi connectivity index (χ0) is 11.1. The van der Waals surface area contributed by atoms with Gasteiger partial charge in [-0.2, -0.15) is 13.2 Å². The molecule has 1 saturated carbocycles. The second-order valence-corrected chi connectivity index (χ2v) is 3.53. The van der Waals surface area contributed by atoms with Gasteiger partial charge in [-0.25, -0.2) is 9.97 Å². The average molecular weight is 218 g/mol. The van der Waals surface area contributed by atoms with Gasteiger partial charge in [0, 0.05) is 0 Å². The minimum absolute atomic E-state index is 0.0415. The van der Waals surface area contributed by atoms with Crippen molar-refractivity contribution in [2.24, 2.45) is 0 Å². The van der Waals surface area contributed by atoms with Crippen LogP contribution in [0.1, 0.15) is 12.8 Å². The molecule has 0 atom stereocenters. The summed E-state index contributed by atoms with van der Waals surface area (Å²) in [5.74, 6) is 0.0415. The first-order valence-corrected chi connectivity index (χ1v) is 4.35. The smallest absolute Gasteiger partial charge is 0.394 e. The number of aromatic nitrogens is 2. The lowest BCUT2D eigenvalue weighted by Crippen LogP contribution is -2.39. The van der Waals surface area contributed by atoms with Crippen molar-refractivity contribution < 1.29 is 13.2 Å². The van der Waals surface area contributed by atoms with Crippen LogP contribution in [0.25, 0.3) is 0 Å². The Morgan fingerprint density at radius 3 is 2.53 bits per heavy atom. The Balaban J connectivity index is 2.20. The molecular weight excluding hydrogens is 209 g/mol. The molecule has 1 heterocycles. The zero-order valence-corrected chi connectivity index (χ0v) is 7.67. The van der Waals surface area contributed by atoms with E-state index >= 15 is 0 Å². The number of nitrogens with one attached hydrogen (secondary N) is 1. The number of rotatable bonds is 2. The van der Waals surface area contributed by atoms with Crippen LogP contribution in [0.2, 0.25) is 0 Å². The van der Waals surface area contributed by atoms with Crippen LogP contribution in [-0.4, -0.2) is 21.7 Å². The molecule has 4 nitrogen and oxygen atoms in total. The highest BCUT2D eigenvalue weighted by molar-refractivity contribution is 5.61. The van der Waals surface area contributed by atoms with E-state index in [-0.39, 0.29) is 24.3 Å². The zero-order valence-electron chi connectivity index (χ0n) is 7.67. The summed E-state index contributed by atoms with van der Waals surface area (Å²) in [6.07, 6.45) is -1.74. The van der Waals surface area contributed by atoms with E-state index in [4.69, 9.17) is 5.73 Å². The van der Waals surface area contributed by atoms with Gasteiger partial charge in [0.15, 0.2) is 5.82 Å². The predicted octanol–water partition coefficient (Wildman–Crippen LogP) is 1.57. The van der Waals surface area contributed by atoms with Gasteiger partial charge in [-0.3, -0.25) is 0 Å². The van der Waals surface area contributed by atoms with Crippen LogP contribution in [0.15, 0.2) is 12.5 Å². The Bertz CT molecular complexity index is 372. The lowest BCUT2D eigenvalue weighted by molar-refractivity contribution is -0.151. The van der Waals surface area contributed by atoms with Crippen LogP contribution in [0.5, 0.6) is 0 Å². The Morgan fingerprint density at radius 1 is 1.40 bits per heavy atom. The van der Waals surface area contributed by atoms with Crippen molar-refractivity contribution in [1.82, 2.24) is 9.97 Å². The quantitative estimate of drug-likeness (QED) is 0.790. The molecule has 1 aliphatic carbocycles. The third kappa shape index (κ3) is 1.69. The van der Waals surface area contributed by atoms with Gasteiger partial charge < -0.3 is 11.1 Å². The molecule has 1 aliphatic rings. The maximum Gasteiger partial charge on any atom is 0.411 e. The van der Waals surface area contributed by atoms with Gasteiger partial charge >= 0.3 is 6.18 Å².